The average molecular weight is 342 g/mol. The summed E-state index contributed by atoms with van der Waals surface area (Å²) in [6.45, 7) is 0.746. The van der Waals surface area contributed by atoms with Crippen LogP contribution in [0.3, 0.4) is 0 Å². The molecule has 0 radical (unpaired) electrons. The van der Waals surface area contributed by atoms with Crippen LogP contribution in [-0.2, 0) is 13.0 Å². The molecule has 0 fully saturated rings. The van der Waals surface area contributed by atoms with E-state index in [1.165, 1.54) is 5.56 Å². The Kier molecular flexibility index (Phi) is 4.06. The van der Waals surface area contributed by atoms with Gasteiger partial charge in [0.05, 0.1) is 6.54 Å². The van der Waals surface area contributed by atoms with Gasteiger partial charge in [0.15, 0.2) is 0 Å². The number of imidazole rings is 1. The summed E-state index contributed by atoms with van der Waals surface area (Å²) in [5.74, 6) is 1.04. The van der Waals surface area contributed by atoms with Gasteiger partial charge in [-0.25, -0.2) is 4.98 Å². The fourth-order valence-electron chi connectivity index (χ4n) is 2.34. The summed E-state index contributed by atoms with van der Waals surface area (Å²) in [5, 5.41) is 0. The number of nitrogens with zero attached hydrogens (tertiary/aromatic N) is 2. The van der Waals surface area contributed by atoms with Crippen LogP contribution in [0.25, 0.3) is 0 Å². The summed E-state index contributed by atoms with van der Waals surface area (Å²) in [4.78, 5) is 4.47. The van der Waals surface area contributed by atoms with Crippen LogP contribution in [0, 0.1) is 0 Å². The maximum atomic E-state index is 6.02. The summed E-state index contributed by atoms with van der Waals surface area (Å²) in [7, 11) is 0. The number of anilines is 1. The number of hydrogen-bond donors (Lipinski definition) is 1. The van der Waals surface area contributed by atoms with Crippen LogP contribution in [-0.4, -0.2) is 9.55 Å². The molecule has 3 aromatic rings. The first-order valence-corrected chi connectivity index (χ1v) is 7.59. The topological polar surface area (TPSA) is 43.8 Å². The van der Waals surface area contributed by atoms with E-state index in [2.05, 4.69) is 43.7 Å². The molecule has 0 atom stereocenters. The number of nitrogens with two attached hydrogens (primary N) is 1. The van der Waals surface area contributed by atoms with Crippen molar-refractivity contribution in [3.05, 3.63) is 82.3 Å². The first-order chi connectivity index (χ1) is 10.2. The van der Waals surface area contributed by atoms with E-state index >= 15 is 0 Å². The molecule has 0 amide bonds. The number of nitrogen functional groups attached to an aromatic ring is 1. The van der Waals surface area contributed by atoms with E-state index in [0.717, 1.165) is 34.5 Å². The third-order valence-electron chi connectivity index (χ3n) is 3.45. The highest BCUT2D eigenvalue weighted by atomic mass is 79.9. The standard InChI is InChI=1S/C17H16BrN3/c18-15-6-3-4-13(10-15)11-17-20-8-9-21(17)12-14-5-1-2-7-16(14)19/h1-10H,11-12,19H2. The Bertz CT molecular complexity index is 749. The maximum Gasteiger partial charge on any atom is 0.113 e. The first kappa shape index (κ1) is 13.9. The number of halogens is 1. The first-order valence-electron chi connectivity index (χ1n) is 6.80. The van der Waals surface area contributed by atoms with Gasteiger partial charge in [0, 0.05) is 29.0 Å². The molecule has 4 heteroatoms. The molecule has 1 aromatic heterocycles. The Hall–Kier alpha value is -2.07. The van der Waals surface area contributed by atoms with Gasteiger partial charge in [-0.05, 0) is 29.3 Å². The molecule has 0 saturated carbocycles. The predicted octanol–water partition coefficient (Wildman–Crippen LogP) is 3.87. The van der Waals surface area contributed by atoms with Crippen LogP contribution in [0.15, 0.2) is 65.4 Å². The van der Waals surface area contributed by atoms with Crippen molar-refractivity contribution >= 4 is 21.6 Å². The molecule has 2 N–H and O–H groups in total. The van der Waals surface area contributed by atoms with E-state index in [4.69, 9.17) is 5.73 Å². The van der Waals surface area contributed by atoms with Gasteiger partial charge in [0.2, 0.25) is 0 Å². The highest BCUT2D eigenvalue weighted by Crippen LogP contribution is 2.17. The van der Waals surface area contributed by atoms with Crippen molar-refractivity contribution in [2.24, 2.45) is 0 Å². The zero-order valence-electron chi connectivity index (χ0n) is 11.5. The Labute approximate surface area is 132 Å². The molecule has 0 aliphatic rings. The minimum atomic E-state index is 0.746. The van der Waals surface area contributed by atoms with Crippen molar-refractivity contribution < 1.29 is 0 Å². The van der Waals surface area contributed by atoms with Crippen molar-refractivity contribution in [1.29, 1.82) is 0 Å². The zero-order chi connectivity index (χ0) is 14.7. The van der Waals surface area contributed by atoms with Gasteiger partial charge >= 0.3 is 0 Å². The van der Waals surface area contributed by atoms with E-state index in [1.54, 1.807) is 0 Å². The average Bonchev–Trinajstić information content (AvgIpc) is 2.89. The van der Waals surface area contributed by atoms with Crippen molar-refractivity contribution in [1.82, 2.24) is 9.55 Å². The highest BCUT2D eigenvalue weighted by molar-refractivity contribution is 9.10. The summed E-state index contributed by atoms with van der Waals surface area (Å²) in [6, 6.07) is 16.3. The molecule has 3 nitrogen and oxygen atoms in total. The number of hydrogen-bond acceptors (Lipinski definition) is 2. The maximum absolute atomic E-state index is 6.02. The summed E-state index contributed by atoms with van der Waals surface area (Å²) in [5.41, 5.74) is 9.19. The van der Waals surface area contributed by atoms with Gasteiger partial charge in [-0.15, -0.1) is 0 Å². The second kappa shape index (κ2) is 6.14. The van der Waals surface area contributed by atoms with Crippen molar-refractivity contribution in [2.75, 3.05) is 5.73 Å². The molecule has 0 saturated heterocycles. The van der Waals surface area contributed by atoms with Crippen LogP contribution in [0.5, 0.6) is 0 Å². The van der Waals surface area contributed by atoms with Gasteiger partial charge in [0.25, 0.3) is 0 Å². The van der Waals surface area contributed by atoms with Gasteiger partial charge in [0.1, 0.15) is 5.82 Å². The molecule has 21 heavy (non-hydrogen) atoms. The fraction of sp³-hybridized carbons (Fsp3) is 0.118. The molecular weight excluding hydrogens is 326 g/mol. The largest absolute Gasteiger partial charge is 0.398 e. The molecule has 0 aliphatic heterocycles. The lowest BCUT2D eigenvalue weighted by Crippen LogP contribution is -2.07. The van der Waals surface area contributed by atoms with E-state index in [1.807, 2.05) is 42.7 Å². The second-order valence-electron chi connectivity index (χ2n) is 4.98. The van der Waals surface area contributed by atoms with E-state index < -0.39 is 0 Å². The van der Waals surface area contributed by atoms with Crippen molar-refractivity contribution in [2.45, 2.75) is 13.0 Å². The lowest BCUT2D eigenvalue weighted by atomic mass is 10.1. The predicted molar refractivity (Wildman–Crippen MR) is 89.1 cm³/mol. The monoisotopic (exact) mass is 341 g/mol. The van der Waals surface area contributed by atoms with Gasteiger partial charge < -0.3 is 10.3 Å². The lowest BCUT2D eigenvalue weighted by Gasteiger charge is -2.10. The molecule has 0 spiro atoms. The third-order valence-corrected chi connectivity index (χ3v) is 3.94. The lowest BCUT2D eigenvalue weighted by molar-refractivity contribution is 0.742. The number of para-hydroxylation sites is 1. The van der Waals surface area contributed by atoms with Crippen LogP contribution < -0.4 is 5.73 Å². The van der Waals surface area contributed by atoms with Gasteiger partial charge in [-0.2, -0.15) is 0 Å². The molecule has 0 aliphatic carbocycles. The fourth-order valence-corrected chi connectivity index (χ4v) is 2.79. The normalized spacial score (nSPS) is 10.7. The Morgan fingerprint density at radius 3 is 2.76 bits per heavy atom. The summed E-state index contributed by atoms with van der Waals surface area (Å²) in [6.07, 6.45) is 4.64. The Balaban J connectivity index is 1.83. The minimum absolute atomic E-state index is 0.746. The molecule has 106 valence electrons. The van der Waals surface area contributed by atoms with E-state index in [0.29, 0.717) is 0 Å². The Morgan fingerprint density at radius 2 is 1.95 bits per heavy atom. The summed E-state index contributed by atoms with van der Waals surface area (Å²) < 4.78 is 3.23. The van der Waals surface area contributed by atoms with Crippen LogP contribution in [0.1, 0.15) is 17.0 Å². The van der Waals surface area contributed by atoms with E-state index in [-0.39, 0.29) is 0 Å². The Morgan fingerprint density at radius 1 is 1.10 bits per heavy atom. The van der Waals surface area contributed by atoms with Crippen molar-refractivity contribution in [3.63, 3.8) is 0 Å². The third kappa shape index (κ3) is 3.34. The smallest absolute Gasteiger partial charge is 0.113 e. The minimum Gasteiger partial charge on any atom is -0.398 e. The van der Waals surface area contributed by atoms with Crippen LogP contribution >= 0.6 is 15.9 Å². The molecule has 2 aromatic carbocycles. The van der Waals surface area contributed by atoms with Crippen LogP contribution in [0.4, 0.5) is 5.69 Å². The van der Waals surface area contributed by atoms with Gasteiger partial charge in [-0.3, -0.25) is 0 Å². The molecule has 0 bridgehead atoms. The molecular formula is C17H16BrN3. The van der Waals surface area contributed by atoms with Crippen LogP contribution in [0.2, 0.25) is 0 Å². The van der Waals surface area contributed by atoms with Gasteiger partial charge in [-0.1, -0.05) is 46.3 Å². The quantitative estimate of drug-likeness (QED) is 0.732. The highest BCUT2D eigenvalue weighted by Gasteiger charge is 2.06. The molecule has 3 rings (SSSR count). The summed E-state index contributed by atoms with van der Waals surface area (Å²) >= 11 is 3.50. The number of aromatic nitrogens is 2. The second-order valence-corrected chi connectivity index (χ2v) is 5.89. The van der Waals surface area contributed by atoms with E-state index in [9.17, 15) is 0 Å². The molecule has 1 heterocycles. The van der Waals surface area contributed by atoms with Crippen molar-refractivity contribution in [3.8, 4) is 0 Å². The SMILES string of the molecule is Nc1ccccc1Cn1ccnc1Cc1cccc(Br)c1. The number of rotatable bonds is 4. The molecule has 0 unspecified atom stereocenters. The zero-order valence-corrected chi connectivity index (χ0v) is 13.1. The number of benzene rings is 2.